The van der Waals surface area contributed by atoms with Crippen molar-refractivity contribution < 1.29 is 18.0 Å². The Kier molecular flexibility index (Phi) is 7.85. The van der Waals surface area contributed by atoms with E-state index in [1.54, 1.807) is 48.5 Å². The first-order chi connectivity index (χ1) is 15.4. The van der Waals surface area contributed by atoms with Crippen LogP contribution in [0.4, 0.5) is 11.4 Å². The lowest BCUT2D eigenvalue weighted by Crippen LogP contribution is -2.26. The van der Waals surface area contributed by atoms with E-state index in [9.17, 15) is 18.0 Å². The number of nitrogens with one attached hydrogen (secondary N) is 3. The summed E-state index contributed by atoms with van der Waals surface area (Å²) in [6, 6.07) is 18.9. The number of hydrogen-bond donors (Lipinski definition) is 3. The van der Waals surface area contributed by atoms with Crippen molar-refractivity contribution in [1.82, 2.24) is 9.71 Å². The Balaban J connectivity index is 1.48. The first kappa shape index (κ1) is 22.9. The van der Waals surface area contributed by atoms with Crippen LogP contribution in [0.25, 0.3) is 6.08 Å². The normalized spacial score (nSPS) is 11.2. The zero-order valence-corrected chi connectivity index (χ0v) is 17.9. The van der Waals surface area contributed by atoms with Gasteiger partial charge in [-0.15, -0.1) is 0 Å². The first-order valence-corrected chi connectivity index (χ1v) is 11.3. The summed E-state index contributed by atoms with van der Waals surface area (Å²) in [6.07, 6.45) is 4.48. The fourth-order valence-corrected chi connectivity index (χ4v) is 3.51. The molecule has 0 spiro atoms. The number of carbonyl (C=O) groups excluding carboxylic acids is 2. The molecule has 32 heavy (non-hydrogen) atoms. The molecule has 1 heterocycles. The van der Waals surface area contributed by atoms with Gasteiger partial charge in [0.1, 0.15) is 0 Å². The Morgan fingerprint density at radius 3 is 2.28 bits per heavy atom. The number of aromatic nitrogens is 1. The van der Waals surface area contributed by atoms with Crippen molar-refractivity contribution in [2.24, 2.45) is 0 Å². The van der Waals surface area contributed by atoms with Gasteiger partial charge in [-0.05, 0) is 42.0 Å². The van der Waals surface area contributed by atoms with Gasteiger partial charge in [0.25, 0.3) is 5.91 Å². The Labute approximate surface area is 186 Å². The maximum Gasteiger partial charge on any atom is 0.255 e. The second kappa shape index (κ2) is 11.0. The molecule has 0 aliphatic carbocycles. The highest BCUT2D eigenvalue weighted by Crippen LogP contribution is 2.16. The number of sulfonamides is 1. The van der Waals surface area contributed by atoms with Crippen LogP contribution in [0.3, 0.4) is 0 Å². The molecule has 0 aliphatic rings. The minimum atomic E-state index is -3.66. The van der Waals surface area contributed by atoms with E-state index >= 15 is 0 Å². The third kappa shape index (κ3) is 7.46. The standard InChI is InChI=1S/C23H22N4O4S/c28-22(11-15-25-32(30,31)16-12-18-5-2-1-3-6-18)26-20-7-4-8-21(17-20)27-23(29)19-9-13-24-14-10-19/h1-10,12-14,16-17,25H,11,15H2,(H,26,28)(H,27,29)/b16-12+. The molecule has 0 aliphatic heterocycles. The second-order valence-corrected chi connectivity index (χ2v) is 8.37. The van der Waals surface area contributed by atoms with Gasteiger partial charge in [-0.2, -0.15) is 0 Å². The number of anilines is 2. The van der Waals surface area contributed by atoms with E-state index in [2.05, 4.69) is 20.3 Å². The van der Waals surface area contributed by atoms with Gasteiger partial charge in [-0.3, -0.25) is 14.6 Å². The third-order valence-corrected chi connectivity index (χ3v) is 5.34. The van der Waals surface area contributed by atoms with Gasteiger partial charge < -0.3 is 10.6 Å². The number of amides is 2. The summed E-state index contributed by atoms with van der Waals surface area (Å²) in [5.41, 5.74) is 2.21. The predicted molar refractivity (Wildman–Crippen MR) is 124 cm³/mol. The van der Waals surface area contributed by atoms with Crippen molar-refractivity contribution in [3.8, 4) is 0 Å². The topological polar surface area (TPSA) is 117 Å². The van der Waals surface area contributed by atoms with Crippen LogP contribution < -0.4 is 15.4 Å². The number of nitrogens with zero attached hydrogens (tertiary/aromatic N) is 1. The van der Waals surface area contributed by atoms with Gasteiger partial charge in [0, 0.05) is 47.7 Å². The SMILES string of the molecule is O=C(CCNS(=O)(=O)/C=C/c1ccccc1)Nc1cccc(NC(=O)c2ccncc2)c1. The molecular formula is C23H22N4O4S. The van der Waals surface area contributed by atoms with E-state index in [1.807, 2.05) is 18.2 Å². The molecule has 0 unspecified atom stereocenters. The zero-order chi connectivity index (χ0) is 22.8. The third-order valence-electron chi connectivity index (χ3n) is 4.24. The molecule has 3 rings (SSSR count). The lowest BCUT2D eigenvalue weighted by Gasteiger charge is -2.09. The highest BCUT2D eigenvalue weighted by molar-refractivity contribution is 7.92. The summed E-state index contributed by atoms with van der Waals surface area (Å²) in [6.45, 7) is -0.0498. The Morgan fingerprint density at radius 1 is 0.875 bits per heavy atom. The number of benzene rings is 2. The molecule has 0 saturated heterocycles. The molecule has 8 nitrogen and oxygen atoms in total. The van der Waals surface area contributed by atoms with E-state index in [4.69, 9.17) is 0 Å². The average Bonchev–Trinajstić information content (AvgIpc) is 2.79. The van der Waals surface area contributed by atoms with E-state index in [-0.39, 0.29) is 24.8 Å². The maximum atomic E-state index is 12.2. The fraction of sp³-hybridized carbons (Fsp3) is 0.0870. The number of hydrogen-bond acceptors (Lipinski definition) is 5. The lowest BCUT2D eigenvalue weighted by atomic mass is 10.2. The lowest BCUT2D eigenvalue weighted by molar-refractivity contribution is -0.116. The van der Waals surface area contributed by atoms with Crippen LogP contribution >= 0.6 is 0 Å². The van der Waals surface area contributed by atoms with Crippen molar-refractivity contribution in [3.05, 3.63) is 95.7 Å². The molecule has 0 atom stereocenters. The van der Waals surface area contributed by atoms with E-state index in [1.165, 1.54) is 18.5 Å². The van der Waals surface area contributed by atoms with Crippen LogP contribution in [0, 0.1) is 0 Å². The molecule has 1 aromatic heterocycles. The Bertz CT molecular complexity index is 1200. The van der Waals surface area contributed by atoms with Crippen LogP contribution in [-0.4, -0.2) is 31.8 Å². The Morgan fingerprint density at radius 2 is 1.56 bits per heavy atom. The summed E-state index contributed by atoms with van der Waals surface area (Å²) in [4.78, 5) is 28.3. The average molecular weight is 451 g/mol. The van der Waals surface area contributed by atoms with Crippen molar-refractivity contribution in [2.45, 2.75) is 6.42 Å². The van der Waals surface area contributed by atoms with Crippen molar-refractivity contribution >= 4 is 39.3 Å². The smallest absolute Gasteiger partial charge is 0.255 e. The largest absolute Gasteiger partial charge is 0.326 e. The zero-order valence-electron chi connectivity index (χ0n) is 17.1. The molecule has 164 valence electrons. The van der Waals surface area contributed by atoms with Gasteiger partial charge in [0.15, 0.2) is 0 Å². The summed E-state index contributed by atoms with van der Waals surface area (Å²) in [7, 11) is -3.66. The predicted octanol–water partition coefficient (Wildman–Crippen LogP) is 3.25. The van der Waals surface area contributed by atoms with E-state index in [0.29, 0.717) is 16.9 Å². The Hall–Kier alpha value is -3.82. The molecule has 2 amide bonds. The highest BCUT2D eigenvalue weighted by Gasteiger charge is 2.09. The first-order valence-electron chi connectivity index (χ1n) is 9.75. The molecule has 3 aromatic rings. The molecule has 0 saturated carbocycles. The maximum absolute atomic E-state index is 12.2. The van der Waals surface area contributed by atoms with Crippen LogP contribution in [0.1, 0.15) is 22.3 Å². The number of carbonyl (C=O) groups is 2. The molecule has 3 N–H and O–H groups in total. The van der Waals surface area contributed by atoms with Crippen molar-refractivity contribution in [2.75, 3.05) is 17.2 Å². The van der Waals surface area contributed by atoms with Gasteiger partial charge in [-0.1, -0.05) is 36.4 Å². The molecule has 2 aromatic carbocycles. The van der Waals surface area contributed by atoms with Gasteiger partial charge in [0.2, 0.25) is 15.9 Å². The summed E-state index contributed by atoms with van der Waals surface area (Å²) in [5.74, 6) is -0.661. The summed E-state index contributed by atoms with van der Waals surface area (Å²) < 4.78 is 26.4. The van der Waals surface area contributed by atoms with Crippen LogP contribution in [0.15, 0.2) is 84.5 Å². The minimum Gasteiger partial charge on any atom is -0.326 e. The minimum absolute atomic E-state index is 0.0496. The van der Waals surface area contributed by atoms with Crippen molar-refractivity contribution in [3.63, 3.8) is 0 Å². The highest BCUT2D eigenvalue weighted by atomic mass is 32.2. The van der Waals surface area contributed by atoms with Crippen molar-refractivity contribution in [1.29, 1.82) is 0 Å². The van der Waals surface area contributed by atoms with E-state index < -0.39 is 10.0 Å². The molecule has 9 heteroatoms. The van der Waals surface area contributed by atoms with Crippen LogP contribution in [-0.2, 0) is 14.8 Å². The quantitative estimate of drug-likeness (QED) is 0.463. The fourth-order valence-electron chi connectivity index (χ4n) is 2.69. The molecule has 0 bridgehead atoms. The van der Waals surface area contributed by atoms with Crippen LogP contribution in [0.2, 0.25) is 0 Å². The number of rotatable bonds is 9. The van der Waals surface area contributed by atoms with Gasteiger partial charge >= 0.3 is 0 Å². The van der Waals surface area contributed by atoms with E-state index in [0.717, 1.165) is 11.0 Å². The van der Waals surface area contributed by atoms with Gasteiger partial charge in [-0.25, -0.2) is 13.1 Å². The van der Waals surface area contributed by atoms with Gasteiger partial charge in [0.05, 0.1) is 0 Å². The summed E-state index contributed by atoms with van der Waals surface area (Å²) >= 11 is 0. The molecule has 0 fully saturated rings. The summed E-state index contributed by atoms with van der Waals surface area (Å²) in [5, 5.41) is 6.50. The van der Waals surface area contributed by atoms with Crippen LogP contribution in [0.5, 0.6) is 0 Å². The second-order valence-electron chi connectivity index (χ2n) is 6.72. The molecular weight excluding hydrogens is 428 g/mol. The molecule has 0 radical (unpaired) electrons. The monoisotopic (exact) mass is 450 g/mol. The number of pyridine rings is 1.